The Balaban J connectivity index is 2.77. The fourth-order valence-electron chi connectivity index (χ4n) is 1.00. The third kappa shape index (κ3) is 2.83. The van der Waals surface area contributed by atoms with Gasteiger partial charge in [0, 0.05) is 0 Å². The first kappa shape index (κ1) is 9.66. The molecule has 0 aromatic heterocycles. The summed E-state index contributed by atoms with van der Waals surface area (Å²) in [5.74, 6) is -3.25. The molecule has 0 heterocycles. The summed E-state index contributed by atoms with van der Waals surface area (Å²) in [4.78, 5) is 0. The number of halogens is 2. The fraction of sp³-hybridized carbons (Fsp3) is 0.300. The van der Waals surface area contributed by atoms with Crippen LogP contribution in [0, 0.1) is 18.3 Å². The van der Waals surface area contributed by atoms with E-state index in [9.17, 15) is 8.78 Å². The molecule has 0 atom stereocenters. The molecular formula is C10H9F2N. The molecule has 1 aromatic rings. The molecule has 1 nitrogen and oxygen atoms in total. The van der Waals surface area contributed by atoms with E-state index in [0.717, 1.165) is 11.6 Å². The van der Waals surface area contributed by atoms with Gasteiger partial charge in [-0.1, -0.05) is 29.8 Å². The minimum absolute atomic E-state index is 0.483. The van der Waals surface area contributed by atoms with Gasteiger partial charge in [-0.25, -0.2) is 0 Å². The molecule has 0 fully saturated rings. The van der Waals surface area contributed by atoms with E-state index in [1.165, 1.54) is 0 Å². The van der Waals surface area contributed by atoms with Gasteiger partial charge in [0.1, 0.15) is 6.07 Å². The predicted molar refractivity (Wildman–Crippen MR) is 45.4 cm³/mol. The lowest BCUT2D eigenvalue weighted by molar-refractivity contribution is 0.0646. The van der Waals surface area contributed by atoms with E-state index < -0.39 is 12.3 Å². The van der Waals surface area contributed by atoms with Gasteiger partial charge in [-0.05, 0) is 12.5 Å². The molecule has 0 N–H and O–H groups in total. The van der Waals surface area contributed by atoms with E-state index in [1.54, 1.807) is 24.3 Å². The monoisotopic (exact) mass is 181 g/mol. The molecule has 0 aliphatic heterocycles. The van der Waals surface area contributed by atoms with E-state index in [2.05, 4.69) is 0 Å². The maximum atomic E-state index is 12.6. The molecule has 13 heavy (non-hydrogen) atoms. The Morgan fingerprint density at radius 2 is 1.85 bits per heavy atom. The molecule has 0 saturated carbocycles. The first-order valence-corrected chi connectivity index (χ1v) is 3.88. The summed E-state index contributed by atoms with van der Waals surface area (Å²) in [6.07, 6.45) is -0.510. The van der Waals surface area contributed by atoms with Crippen molar-refractivity contribution in [3.63, 3.8) is 0 Å². The van der Waals surface area contributed by atoms with Gasteiger partial charge < -0.3 is 0 Å². The Morgan fingerprint density at radius 1 is 1.31 bits per heavy atom. The number of rotatable bonds is 2. The fourth-order valence-corrected chi connectivity index (χ4v) is 1.00. The number of aryl methyl sites for hydroxylation is 1. The molecule has 1 rings (SSSR count). The van der Waals surface area contributed by atoms with Gasteiger partial charge in [-0.3, -0.25) is 0 Å². The molecule has 0 radical (unpaired) electrons. The van der Waals surface area contributed by atoms with Crippen molar-refractivity contribution in [1.82, 2.24) is 0 Å². The molecular weight excluding hydrogens is 172 g/mol. The second-order valence-electron chi connectivity index (χ2n) is 2.98. The third-order valence-corrected chi connectivity index (χ3v) is 1.71. The Bertz CT molecular complexity index is 322. The standard InChI is InChI=1S/C10H9F2N/c1-8-2-4-9(5-3-8)6-10(11,12)7-13/h2-5H,6H2,1H3. The third-order valence-electron chi connectivity index (χ3n) is 1.71. The molecule has 0 amide bonds. The van der Waals surface area contributed by atoms with Crippen molar-refractivity contribution in [3.05, 3.63) is 35.4 Å². The molecule has 3 heteroatoms. The SMILES string of the molecule is Cc1ccc(CC(F)(F)C#N)cc1. The maximum absolute atomic E-state index is 12.6. The second-order valence-corrected chi connectivity index (χ2v) is 2.98. The predicted octanol–water partition coefficient (Wildman–Crippen LogP) is 2.70. The van der Waals surface area contributed by atoms with Crippen LogP contribution in [0.15, 0.2) is 24.3 Å². The summed E-state index contributed by atoms with van der Waals surface area (Å²) in [7, 11) is 0. The first-order valence-electron chi connectivity index (χ1n) is 3.88. The van der Waals surface area contributed by atoms with Crippen LogP contribution >= 0.6 is 0 Å². The molecule has 0 saturated heterocycles. The van der Waals surface area contributed by atoms with Crippen molar-refractivity contribution in [2.24, 2.45) is 0 Å². The van der Waals surface area contributed by atoms with Gasteiger partial charge in [0.2, 0.25) is 0 Å². The van der Waals surface area contributed by atoms with Crippen LogP contribution in [-0.4, -0.2) is 5.92 Å². The highest BCUT2D eigenvalue weighted by Gasteiger charge is 2.28. The largest absolute Gasteiger partial charge is 0.335 e. The minimum Gasteiger partial charge on any atom is -0.192 e. The highest BCUT2D eigenvalue weighted by molar-refractivity contribution is 5.23. The molecule has 68 valence electrons. The second kappa shape index (κ2) is 3.53. The van der Waals surface area contributed by atoms with E-state index in [0.29, 0.717) is 5.56 Å². The van der Waals surface area contributed by atoms with Crippen LogP contribution in [-0.2, 0) is 6.42 Å². The van der Waals surface area contributed by atoms with Crippen LogP contribution in [0.25, 0.3) is 0 Å². The Hall–Kier alpha value is -1.43. The lowest BCUT2D eigenvalue weighted by atomic mass is 10.1. The number of nitriles is 1. The van der Waals surface area contributed by atoms with Gasteiger partial charge in [-0.2, -0.15) is 14.0 Å². The van der Waals surface area contributed by atoms with Crippen molar-refractivity contribution in [2.45, 2.75) is 19.3 Å². The summed E-state index contributed by atoms with van der Waals surface area (Å²) in [6, 6.07) is 7.70. The zero-order chi connectivity index (χ0) is 9.90. The number of alkyl halides is 2. The summed E-state index contributed by atoms with van der Waals surface area (Å²) in [6.45, 7) is 1.88. The Labute approximate surface area is 75.6 Å². The lowest BCUT2D eigenvalue weighted by Gasteiger charge is -2.06. The number of hydrogen-bond acceptors (Lipinski definition) is 1. The van der Waals surface area contributed by atoms with Crippen LogP contribution in [0.2, 0.25) is 0 Å². The van der Waals surface area contributed by atoms with E-state index in [-0.39, 0.29) is 0 Å². The van der Waals surface area contributed by atoms with Gasteiger partial charge in [0.15, 0.2) is 0 Å². The highest BCUT2D eigenvalue weighted by atomic mass is 19.3. The smallest absolute Gasteiger partial charge is 0.192 e. The van der Waals surface area contributed by atoms with E-state index in [1.807, 2.05) is 6.92 Å². The van der Waals surface area contributed by atoms with Crippen molar-refractivity contribution < 1.29 is 8.78 Å². The van der Waals surface area contributed by atoms with Gasteiger partial charge in [0.25, 0.3) is 0 Å². The lowest BCUT2D eigenvalue weighted by Crippen LogP contribution is -2.16. The van der Waals surface area contributed by atoms with Gasteiger partial charge >= 0.3 is 5.92 Å². The summed E-state index contributed by atoms with van der Waals surface area (Å²) < 4.78 is 25.2. The Kier molecular flexibility index (Phi) is 2.62. The number of nitrogens with zero attached hydrogens (tertiary/aromatic N) is 1. The molecule has 0 unspecified atom stereocenters. The zero-order valence-electron chi connectivity index (χ0n) is 7.22. The first-order chi connectivity index (χ1) is 6.03. The van der Waals surface area contributed by atoms with E-state index in [4.69, 9.17) is 5.26 Å². The zero-order valence-corrected chi connectivity index (χ0v) is 7.22. The van der Waals surface area contributed by atoms with Crippen LogP contribution in [0.3, 0.4) is 0 Å². The number of hydrogen-bond donors (Lipinski definition) is 0. The van der Waals surface area contributed by atoms with Crippen molar-refractivity contribution in [3.8, 4) is 6.07 Å². The highest BCUT2D eigenvalue weighted by Crippen LogP contribution is 2.18. The van der Waals surface area contributed by atoms with Crippen LogP contribution in [0.5, 0.6) is 0 Å². The summed E-state index contributed by atoms with van der Waals surface area (Å²) in [5.41, 5.74) is 1.50. The number of benzene rings is 1. The molecule has 0 aliphatic rings. The van der Waals surface area contributed by atoms with Crippen LogP contribution in [0.4, 0.5) is 8.78 Å². The van der Waals surface area contributed by atoms with Crippen molar-refractivity contribution in [1.29, 1.82) is 5.26 Å². The molecule has 1 aromatic carbocycles. The van der Waals surface area contributed by atoms with Crippen LogP contribution in [0.1, 0.15) is 11.1 Å². The average Bonchev–Trinajstić information content (AvgIpc) is 2.09. The molecule has 0 spiro atoms. The normalized spacial score (nSPS) is 10.9. The maximum Gasteiger partial charge on any atom is 0.335 e. The van der Waals surface area contributed by atoms with Crippen molar-refractivity contribution in [2.75, 3.05) is 0 Å². The minimum atomic E-state index is -3.25. The van der Waals surface area contributed by atoms with Crippen LogP contribution < -0.4 is 0 Å². The summed E-state index contributed by atoms with van der Waals surface area (Å²) in [5, 5.41) is 8.11. The quantitative estimate of drug-likeness (QED) is 0.688. The Morgan fingerprint density at radius 3 is 2.31 bits per heavy atom. The molecule has 0 bridgehead atoms. The average molecular weight is 181 g/mol. The van der Waals surface area contributed by atoms with Crippen molar-refractivity contribution >= 4 is 0 Å². The van der Waals surface area contributed by atoms with Gasteiger partial charge in [0.05, 0.1) is 6.42 Å². The van der Waals surface area contributed by atoms with Gasteiger partial charge in [-0.15, -0.1) is 0 Å². The van der Waals surface area contributed by atoms with E-state index >= 15 is 0 Å². The topological polar surface area (TPSA) is 23.8 Å². The molecule has 0 aliphatic carbocycles. The summed E-state index contributed by atoms with van der Waals surface area (Å²) >= 11 is 0.